The lowest BCUT2D eigenvalue weighted by Gasteiger charge is -2.43. The smallest absolute Gasteiger partial charge is 0.251 e. The van der Waals surface area contributed by atoms with E-state index in [1.165, 1.54) is 7.11 Å². The Kier molecular flexibility index (Phi) is 6.26. The van der Waals surface area contributed by atoms with Crippen LogP contribution >= 0.6 is 0 Å². The van der Waals surface area contributed by atoms with Gasteiger partial charge in [0, 0.05) is 17.3 Å². The summed E-state index contributed by atoms with van der Waals surface area (Å²) in [7, 11) is -2.07. The number of carbonyl (C=O) groups excluding carboxylic acids is 1. The third-order valence-electron chi connectivity index (χ3n) is 5.95. The van der Waals surface area contributed by atoms with Crippen molar-refractivity contribution in [1.82, 2.24) is 10.3 Å². The van der Waals surface area contributed by atoms with E-state index in [0.717, 1.165) is 42.2 Å². The second-order valence-corrected chi connectivity index (χ2v) is 10.1. The minimum Gasteiger partial charge on any atom is -0.480 e. The first-order chi connectivity index (χ1) is 16.2. The number of rotatable bonds is 7. The number of benzene rings is 2. The van der Waals surface area contributed by atoms with Crippen molar-refractivity contribution in [3.63, 3.8) is 0 Å². The molecule has 1 amide bonds. The molecule has 1 heterocycles. The molecule has 2 N–H and O–H groups in total. The van der Waals surface area contributed by atoms with Crippen LogP contribution in [0.5, 0.6) is 5.88 Å². The summed E-state index contributed by atoms with van der Waals surface area (Å²) in [5.41, 5.74) is 3.42. The highest BCUT2D eigenvalue weighted by atomic mass is 32.2. The summed E-state index contributed by atoms with van der Waals surface area (Å²) >= 11 is 0. The number of methoxy groups -OCH3 is 1. The summed E-state index contributed by atoms with van der Waals surface area (Å²) in [6, 6.07) is 18.1. The quantitative estimate of drug-likeness (QED) is 0.535. The minimum absolute atomic E-state index is 0.177. The molecule has 0 aliphatic heterocycles. The van der Waals surface area contributed by atoms with Gasteiger partial charge in [-0.3, -0.25) is 9.52 Å². The van der Waals surface area contributed by atoms with Crippen LogP contribution in [-0.2, 0) is 15.6 Å². The molecule has 1 saturated carbocycles. The van der Waals surface area contributed by atoms with E-state index in [1.807, 2.05) is 24.3 Å². The van der Waals surface area contributed by atoms with E-state index in [9.17, 15) is 13.2 Å². The number of hydrogen-bond donors (Lipinski definition) is 2. The summed E-state index contributed by atoms with van der Waals surface area (Å²) in [6.45, 7) is 0. The highest BCUT2D eigenvalue weighted by Crippen LogP contribution is 2.42. The second kappa shape index (κ2) is 9.15. The molecule has 8 nitrogen and oxygen atoms in total. The van der Waals surface area contributed by atoms with Crippen LogP contribution in [0.4, 0.5) is 5.69 Å². The summed E-state index contributed by atoms with van der Waals surface area (Å²) in [6.07, 6.45) is 5.37. The molecular weight excluding hydrogens is 452 g/mol. The zero-order chi connectivity index (χ0) is 24.3. The predicted octanol–water partition coefficient (Wildman–Crippen LogP) is 3.81. The summed E-state index contributed by atoms with van der Waals surface area (Å²) in [4.78, 5) is 17.1. The largest absolute Gasteiger partial charge is 0.480 e. The minimum atomic E-state index is -3.50. The number of hydrogen-bond acceptors (Lipinski definition) is 6. The van der Waals surface area contributed by atoms with Gasteiger partial charge in [0.2, 0.25) is 15.9 Å². The zero-order valence-electron chi connectivity index (χ0n) is 18.8. The lowest BCUT2D eigenvalue weighted by atomic mass is 9.71. The van der Waals surface area contributed by atoms with Crippen molar-refractivity contribution in [1.29, 1.82) is 5.26 Å². The lowest BCUT2D eigenvalue weighted by molar-refractivity contribution is 0.0823. The average molecular weight is 477 g/mol. The molecule has 34 heavy (non-hydrogen) atoms. The van der Waals surface area contributed by atoms with Gasteiger partial charge >= 0.3 is 0 Å². The van der Waals surface area contributed by atoms with Crippen molar-refractivity contribution in [2.75, 3.05) is 18.1 Å². The first-order valence-corrected chi connectivity index (χ1v) is 12.6. The Morgan fingerprint density at radius 1 is 1.09 bits per heavy atom. The van der Waals surface area contributed by atoms with E-state index < -0.39 is 15.6 Å². The van der Waals surface area contributed by atoms with Crippen LogP contribution in [0.2, 0.25) is 0 Å². The van der Waals surface area contributed by atoms with Gasteiger partial charge in [-0.15, -0.1) is 0 Å². The van der Waals surface area contributed by atoms with Crippen LogP contribution in [0.3, 0.4) is 0 Å². The fraction of sp³-hybridized carbons (Fsp3) is 0.240. The number of aromatic nitrogens is 1. The maximum Gasteiger partial charge on any atom is 0.251 e. The molecule has 1 fully saturated rings. The molecule has 4 rings (SSSR count). The van der Waals surface area contributed by atoms with E-state index >= 15 is 0 Å². The number of sulfonamides is 1. The average Bonchev–Trinajstić information content (AvgIpc) is 2.80. The number of ether oxygens (including phenoxy) is 1. The van der Waals surface area contributed by atoms with E-state index in [2.05, 4.69) is 21.1 Å². The van der Waals surface area contributed by atoms with Gasteiger partial charge in [-0.2, -0.15) is 5.26 Å². The Morgan fingerprint density at radius 2 is 1.76 bits per heavy atom. The van der Waals surface area contributed by atoms with Crippen molar-refractivity contribution in [2.45, 2.75) is 24.8 Å². The van der Waals surface area contributed by atoms with Crippen molar-refractivity contribution < 1.29 is 17.9 Å². The van der Waals surface area contributed by atoms with Crippen molar-refractivity contribution in [3.05, 3.63) is 77.5 Å². The number of carbonyl (C=O) groups is 1. The van der Waals surface area contributed by atoms with Gasteiger partial charge in [0.1, 0.15) is 5.69 Å². The van der Waals surface area contributed by atoms with E-state index in [-0.39, 0.29) is 17.5 Å². The maximum absolute atomic E-state index is 12.9. The van der Waals surface area contributed by atoms with Crippen LogP contribution in [0.25, 0.3) is 11.1 Å². The lowest BCUT2D eigenvalue weighted by Crippen LogP contribution is -2.50. The topological polar surface area (TPSA) is 121 Å². The highest BCUT2D eigenvalue weighted by Gasteiger charge is 2.40. The normalized spacial score (nSPS) is 14.4. The first kappa shape index (κ1) is 23.3. The zero-order valence-corrected chi connectivity index (χ0v) is 19.6. The van der Waals surface area contributed by atoms with Gasteiger partial charge in [-0.05, 0) is 60.7 Å². The molecule has 1 aliphatic rings. The third-order valence-corrected chi connectivity index (χ3v) is 6.54. The Morgan fingerprint density at radius 3 is 2.29 bits per heavy atom. The number of nitrogens with zero attached hydrogens (tertiary/aromatic N) is 2. The maximum atomic E-state index is 12.9. The van der Waals surface area contributed by atoms with E-state index in [0.29, 0.717) is 11.1 Å². The fourth-order valence-electron chi connectivity index (χ4n) is 4.03. The van der Waals surface area contributed by atoms with E-state index in [4.69, 9.17) is 10.00 Å². The molecule has 0 spiro atoms. The van der Waals surface area contributed by atoms with Crippen LogP contribution < -0.4 is 14.8 Å². The Bertz CT molecular complexity index is 1360. The molecule has 0 radical (unpaired) electrons. The molecule has 0 saturated heterocycles. The first-order valence-electron chi connectivity index (χ1n) is 10.7. The number of anilines is 1. The van der Waals surface area contributed by atoms with Crippen molar-refractivity contribution >= 4 is 21.6 Å². The monoisotopic (exact) mass is 476 g/mol. The Hall–Kier alpha value is -3.90. The molecule has 0 unspecified atom stereocenters. The summed E-state index contributed by atoms with van der Waals surface area (Å²) < 4.78 is 31.0. The molecule has 0 bridgehead atoms. The number of pyridine rings is 1. The summed E-state index contributed by atoms with van der Waals surface area (Å²) in [5.74, 6) is 0.00819. The SMILES string of the molecule is COc1ncc(-c2ccc(C3(NC(=O)c4ccc(C#N)cc4)CCC3)cc2)cc1NS(C)(=O)=O. The van der Waals surface area contributed by atoms with Gasteiger partial charge in [-0.1, -0.05) is 24.3 Å². The highest BCUT2D eigenvalue weighted by molar-refractivity contribution is 7.92. The molecular formula is C25H24N4O4S. The molecule has 174 valence electrons. The van der Waals surface area contributed by atoms with Gasteiger partial charge in [0.25, 0.3) is 5.91 Å². The Labute approximate surface area is 198 Å². The van der Waals surface area contributed by atoms with Crippen molar-refractivity contribution in [2.24, 2.45) is 0 Å². The molecule has 1 aromatic heterocycles. The number of nitriles is 1. The van der Waals surface area contributed by atoms with Gasteiger partial charge < -0.3 is 10.1 Å². The Balaban J connectivity index is 1.57. The van der Waals surface area contributed by atoms with Gasteiger partial charge in [0.15, 0.2) is 0 Å². The molecule has 2 aromatic carbocycles. The fourth-order valence-corrected chi connectivity index (χ4v) is 4.57. The molecule has 1 aliphatic carbocycles. The van der Waals surface area contributed by atoms with Crippen LogP contribution in [0.1, 0.15) is 40.7 Å². The molecule has 9 heteroatoms. The number of nitrogens with one attached hydrogen (secondary N) is 2. The number of amides is 1. The predicted molar refractivity (Wildman–Crippen MR) is 129 cm³/mol. The van der Waals surface area contributed by atoms with Crippen LogP contribution in [0.15, 0.2) is 60.8 Å². The van der Waals surface area contributed by atoms with Crippen LogP contribution in [-0.4, -0.2) is 32.7 Å². The van der Waals surface area contributed by atoms with Crippen molar-refractivity contribution in [3.8, 4) is 23.1 Å². The second-order valence-electron chi connectivity index (χ2n) is 8.31. The van der Waals surface area contributed by atoms with Gasteiger partial charge in [-0.25, -0.2) is 13.4 Å². The summed E-state index contributed by atoms with van der Waals surface area (Å²) in [5, 5.41) is 12.1. The van der Waals surface area contributed by atoms with Gasteiger partial charge in [0.05, 0.1) is 30.5 Å². The standard InChI is InChI=1S/C25H24N4O4S/c1-33-24-22(29-34(2,31)32)14-20(16-27-24)18-8-10-21(11-9-18)25(12-3-13-25)28-23(30)19-6-4-17(15-26)5-7-19/h4-11,14,16,29H,3,12-13H2,1-2H3,(H,28,30). The third kappa shape index (κ3) is 4.87. The van der Waals surface area contributed by atoms with Crippen LogP contribution in [0, 0.1) is 11.3 Å². The molecule has 0 atom stereocenters. The molecule has 3 aromatic rings. The van der Waals surface area contributed by atoms with E-state index in [1.54, 1.807) is 36.5 Å².